The summed E-state index contributed by atoms with van der Waals surface area (Å²) in [7, 11) is -4.08. The molecular weight excluding hydrogens is 360 g/mol. The van der Waals surface area contributed by atoms with Crippen LogP contribution in [0.2, 0.25) is 0 Å². The normalized spacial score (nSPS) is 18.8. The van der Waals surface area contributed by atoms with Gasteiger partial charge in [-0.15, -0.1) is 12.4 Å². The van der Waals surface area contributed by atoms with E-state index in [-0.39, 0.29) is 19.0 Å². The lowest BCUT2D eigenvalue weighted by Crippen LogP contribution is -2.48. The van der Waals surface area contributed by atoms with E-state index in [2.05, 4.69) is 10.3 Å². The highest BCUT2D eigenvalue weighted by Crippen LogP contribution is 2.29. The van der Waals surface area contributed by atoms with Crippen LogP contribution in [0.5, 0.6) is 0 Å². The number of nitrogens with one attached hydrogen (secondary N) is 1. The zero-order valence-electron chi connectivity index (χ0n) is 12.5. The molecule has 5 nitrogen and oxygen atoms in total. The Labute approximate surface area is 145 Å². The van der Waals surface area contributed by atoms with E-state index < -0.39 is 32.6 Å². The van der Waals surface area contributed by atoms with E-state index in [1.54, 1.807) is 24.5 Å². The molecule has 1 saturated heterocycles. The molecule has 0 bridgehead atoms. The van der Waals surface area contributed by atoms with Gasteiger partial charge in [0.25, 0.3) is 0 Å². The van der Waals surface area contributed by atoms with Crippen molar-refractivity contribution in [2.24, 2.45) is 0 Å². The molecule has 2 aromatic rings. The SMILES string of the molecule is Cl.O=S(=O)(c1ccc(F)cc1F)N1CCNCC1c1cccnc1. The number of pyridine rings is 1. The molecule has 9 heteroatoms. The maximum absolute atomic E-state index is 14.0. The number of sulfonamides is 1. The number of aromatic nitrogens is 1. The first-order valence-electron chi connectivity index (χ1n) is 7.07. The number of hydrogen-bond donors (Lipinski definition) is 1. The molecule has 1 fully saturated rings. The predicted molar refractivity (Wildman–Crippen MR) is 87.3 cm³/mol. The number of rotatable bonds is 3. The van der Waals surface area contributed by atoms with E-state index in [9.17, 15) is 17.2 Å². The van der Waals surface area contributed by atoms with Crippen LogP contribution < -0.4 is 5.32 Å². The molecule has 1 atom stereocenters. The van der Waals surface area contributed by atoms with Crippen molar-refractivity contribution < 1.29 is 17.2 Å². The largest absolute Gasteiger partial charge is 0.313 e. The van der Waals surface area contributed by atoms with Gasteiger partial charge in [0.1, 0.15) is 16.5 Å². The summed E-state index contributed by atoms with van der Waals surface area (Å²) in [6.07, 6.45) is 3.18. The molecule has 2 heterocycles. The molecule has 1 unspecified atom stereocenters. The lowest BCUT2D eigenvalue weighted by atomic mass is 10.1. The highest BCUT2D eigenvalue weighted by atomic mass is 35.5. The van der Waals surface area contributed by atoms with Crippen LogP contribution >= 0.6 is 12.4 Å². The van der Waals surface area contributed by atoms with Gasteiger partial charge >= 0.3 is 0 Å². The summed E-state index contributed by atoms with van der Waals surface area (Å²) in [6.45, 7) is 1.05. The third-order valence-corrected chi connectivity index (χ3v) is 5.69. The minimum atomic E-state index is -4.08. The average Bonchev–Trinajstić information content (AvgIpc) is 2.55. The van der Waals surface area contributed by atoms with Crippen LogP contribution in [0.15, 0.2) is 47.6 Å². The fourth-order valence-corrected chi connectivity index (χ4v) is 4.30. The smallest absolute Gasteiger partial charge is 0.246 e. The van der Waals surface area contributed by atoms with E-state index in [0.29, 0.717) is 24.7 Å². The summed E-state index contributed by atoms with van der Waals surface area (Å²) in [4.78, 5) is 3.49. The minimum absolute atomic E-state index is 0. The number of piperazine rings is 1. The maximum atomic E-state index is 14.0. The molecular formula is C15H16ClF2N3O2S. The van der Waals surface area contributed by atoms with Crippen LogP contribution in [0, 0.1) is 11.6 Å². The van der Waals surface area contributed by atoms with Crippen molar-refractivity contribution >= 4 is 22.4 Å². The summed E-state index contributed by atoms with van der Waals surface area (Å²) in [6, 6.07) is 5.47. The summed E-state index contributed by atoms with van der Waals surface area (Å²) < 4.78 is 53.9. The van der Waals surface area contributed by atoms with Gasteiger partial charge in [0.15, 0.2) is 0 Å². The quantitative estimate of drug-likeness (QED) is 0.892. The van der Waals surface area contributed by atoms with Crippen LogP contribution in [-0.2, 0) is 10.0 Å². The van der Waals surface area contributed by atoms with Crippen LogP contribution in [0.1, 0.15) is 11.6 Å². The molecule has 0 radical (unpaired) electrons. The minimum Gasteiger partial charge on any atom is -0.313 e. The van der Waals surface area contributed by atoms with Gasteiger partial charge in [-0.2, -0.15) is 4.31 Å². The van der Waals surface area contributed by atoms with Gasteiger partial charge in [-0.05, 0) is 23.8 Å². The first-order valence-corrected chi connectivity index (χ1v) is 8.51. The number of benzene rings is 1. The lowest BCUT2D eigenvalue weighted by molar-refractivity contribution is 0.270. The van der Waals surface area contributed by atoms with Crippen molar-refractivity contribution in [1.82, 2.24) is 14.6 Å². The van der Waals surface area contributed by atoms with Crippen LogP contribution in [0.25, 0.3) is 0 Å². The molecule has 0 amide bonds. The molecule has 1 aromatic heterocycles. The van der Waals surface area contributed by atoms with E-state index in [0.717, 1.165) is 12.1 Å². The standard InChI is InChI=1S/C15H15F2N3O2S.ClH/c16-12-3-4-15(13(17)8-12)23(21,22)20-7-6-19-10-14(20)11-2-1-5-18-9-11;/h1-5,8-9,14,19H,6-7,10H2;1H. The zero-order chi connectivity index (χ0) is 16.4. The fraction of sp³-hybridized carbons (Fsp3) is 0.267. The van der Waals surface area contributed by atoms with E-state index in [1.165, 1.54) is 4.31 Å². The second-order valence-electron chi connectivity index (χ2n) is 5.20. The fourth-order valence-electron chi connectivity index (χ4n) is 2.64. The lowest BCUT2D eigenvalue weighted by Gasteiger charge is -2.35. The van der Waals surface area contributed by atoms with Gasteiger partial charge in [0.05, 0.1) is 6.04 Å². The van der Waals surface area contributed by atoms with Gasteiger partial charge < -0.3 is 5.32 Å². The molecule has 0 spiro atoms. The van der Waals surface area contributed by atoms with Crippen molar-refractivity contribution in [2.75, 3.05) is 19.6 Å². The third-order valence-electron chi connectivity index (χ3n) is 3.74. The van der Waals surface area contributed by atoms with Crippen LogP contribution in [-0.4, -0.2) is 37.3 Å². The molecule has 24 heavy (non-hydrogen) atoms. The van der Waals surface area contributed by atoms with Gasteiger partial charge in [0, 0.05) is 38.1 Å². The topological polar surface area (TPSA) is 62.3 Å². The highest BCUT2D eigenvalue weighted by Gasteiger charge is 2.36. The summed E-state index contributed by atoms with van der Waals surface area (Å²) in [5, 5.41) is 3.12. The molecule has 1 aliphatic rings. The van der Waals surface area contributed by atoms with Gasteiger partial charge in [0.2, 0.25) is 10.0 Å². The van der Waals surface area contributed by atoms with Crippen molar-refractivity contribution in [3.8, 4) is 0 Å². The van der Waals surface area contributed by atoms with E-state index >= 15 is 0 Å². The second kappa shape index (κ2) is 7.52. The molecule has 1 N–H and O–H groups in total. The molecule has 130 valence electrons. The number of halogens is 3. The summed E-state index contributed by atoms with van der Waals surface area (Å²) in [5.41, 5.74) is 0.714. The first-order chi connectivity index (χ1) is 11.0. The van der Waals surface area contributed by atoms with Crippen molar-refractivity contribution in [3.05, 3.63) is 59.9 Å². The molecule has 1 aliphatic heterocycles. The Morgan fingerprint density at radius 1 is 1.25 bits per heavy atom. The number of nitrogens with zero attached hydrogens (tertiary/aromatic N) is 2. The van der Waals surface area contributed by atoms with Crippen molar-refractivity contribution in [3.63, 3.8) is 0 Å². The Kier molecular flexibility index (Phi) is 5.87. The second-order valence-corrected chi connectivity index (χ2v) is 7.06. The van der Waals surface area contributed by atoms with Gasteiger partial charge in [-0.3, -0.25) is 4.98 Å². The Balaban J connectivity index is 0.00000208. The van der Waals surface area contributed by atoms with Crippen LogP contribution in [0.4, 0.5) is 8.78 Å². The summed E-state index contributed by atoms with van der Waals surface area (Å²) in [5.74, 6) is -1.90. The molecule has 0 aliphatic carbocycles. The van der Waals surface area contributed by atoms with Gasteiger partial charge in [-0.1, -0.05) is 6.07 Å². The zero-order valence-corrected chi connectivity index (χ0v) is 14.2. The van der Waals surface area contributed by atoms with Gasteiger partial charge in [-0.25, -0.2) is 17.2 Å². The Morgan fingerprint density at radius 3 is 2.71 bits per heavy atom. The molecule has 1 aromatic carbocycles. The Morgan fingerprint density at radius 2 is 2.04 bits per heavy atom. The molecule has 0 saturated carbocycles. The van der Waals surface area contributed by atoms with Crippen molar-refractivity contribution in [1.29, 1.82) is 0 Å². The monoisotopic (exact) mass is 375 g/mol. The predicted octanol–water partition coefficient (Wildman–Crippen LogP) is 2.12. The van der Waals surface area contributed by atoms with Crippen molar-refractivity contribution in [2.45, 2.75) is 10.9 Å². The number of hydrogen-bond acceptors (Lipinski definition) is 4. The van der Waals surface area contributed by atoms with E-state index in [4.69, 9.17) is 0 Å². The van der Waals surface area contributed by atoms with Crippen LogP contribution in [0.3, 0.4) is 0 Å². The third kappa shape index (κ3) is 3.56. The summed E-state index contributed by atoms with van der Waals surface area (Å²) >= 11 is 0. The maximum Gasteiger partial charge on any atom is 0.246 e. The first kappa shape index (κ1) is 18.7. The Hall–Kier alpha value is -1.61. The van der Waals surface area contributed by atoms with E-state index in [1.807, 2.05) is 0 Å². The Bertz CT molecular complexity index is 806. The highest BCUT2D eigenvalue weighted by molar-refractivity contribution is 7.89. The molecule has 3 rings (SSSR count). The average molecular weight is 376 g/mol.